The van der Waals surface area contributed by atoms with Crippen LogP contribution in [0, 0.1) is 0 Å². The van der Waals surface area contributed by atoms with Crippen LogP contribution in [0.1, 0.15) is 26.2 Å². The van der Waals surface area contributed by atoms with Crippen LogP contribution in [0.3, 0.4) is 0 Å². The number of nitrogens with one attached hydrogen (secondary N) is 1. The highest BCUT2D eigenvalue weighted by Crippen LogP contribution is 2.06. The summed E-state index contributed by atoms with van der Waals surface area (Å²) in [4.78, 5) is 10.2. The molecule has 0 spiro atoms. The van der Waals surface area contributed by atoms with Crippen LogP contribution in [0.15, 0.2) is 0 Å². The van der Waals surface area contributed by atoms with E-state index in [9.17, 15) is 4.79 Å². The molecule has 0 aromatic heterocycles. The molecule has 1 fully saturated rings. The Hall–Kier alpha value is 0.200. The van der Waals surface area contributed by atoms with Crippen molar-refractivity contribution in [2.45, 2.75) is 26.2 Å². The summed E-state index contributed by atoms with van der Waals surface area (Å²) in [6, 6.07) is 0. The lowest BCUT2D eigenvalue weighted by Gasteiger charge is -1.84. The van der Waals surface area contributed by atoms with Crippen molar-refractivity contribution in [2.75, 3.05) is 11.6 Å². The van der Waals surface area contributed by atoms with Crippen molar-refractivity contribution in [3.8, 4) is 0 Å². The molecule has 0 aromatic rings. The third kappa shape index (κ3) is 8.53. The smallest absolute Gasteiger partial charge is 0.235 e. The summed E-state index contributed by atoms with van der Waals surface area (Å²) >= 11 is 11.4. The fourth-order valence-corrected chi connectivity index (χ4v) is 1.66. The lowest BCUT2D eigenvalue weighted by Crippen LogP contribution is -2.18. The fraction of sp³-hybridized carbons (Fsp3) is 0.750. The molecule has 2 nitrogen and oxygen atoms in total. The molecule has 1 N–H and O–H groups in total. The van der Waals surface area contributed by atoms with Crippen molar-refractivity contribution in [2.24, 2.45) is 0 Å². The van der Waals surface area contributed by atoms with Gasteiger partial charge in [-0.2, -0.15) is 0 Å². The number of hydrogen-bond acceptors (Lipinski definition) is 3. The Labute approximate surface area is 93.8 Å². The minimum Gasteiger partial charge on any atom is -0.311 e. The second kappa shape index (κ2) is 8.78. The first-order valence-electron chi connectivity index (χ1n) is 4.23. The van der Waals surface area contributed by atoms with E-state index in [1.54, 1.807) is 0 Å². The van der Waals surface area contributed by atoms with Crippen LogP contribution >= 0.6 is 35.6 Å². The molecule has 0 bridgehead atoms. The van der Waals surface area contributed by atoms with E-state index in [-0.39, 0.29) is 5.91 Å². The lowest BCUT2D eigenvalue weighted by molar-refractivity contribution is -0.116. The molecule has 1 heterocycles. The zero-order valence-electron chi connectivity index (χ0n) is 7.64. The van der Waals surface area contributed by atoms with E-state index in [1.807, 2.05) is 0 Å². The number of unbranched alkanes of at least 4 members (excludes halogenated alkanes) is 2. The van der Waals surface area contributed by atoms with Crippen molar-refractivity contribution in [3.05, 3.63) is 0 Å². The van der Waals surface area contributed by atoms with Gasteiger partial charge in [0.25, 0.3) is 0 Å². The average Bonchev–Trinajstić information content (AvgIpc) is 2.47. The number of carbonyl (C=O) groups excluding carboxylic acids is 1. The molecule has 13 heavy (non-hydrogen) atoms. The zero-order valence-corrected chi connectivity index (χ0v) is 10.0. The molecule has 0 saturated carbocycles. The lowest BCUT2D eigenvalue weighted by atomic mass is 10.3. The fourth-order valence-electron chi connectivity index (χ4n) is 0.662. The van der Waals surface area contributed by atoms with Gasteiger partial charge in [-0.15, -0.1) is 11.6 Å². The van der Waals surface area contributed by atoms with Crippen LogP contribution in [0.2, 0.25) is 0 Å². The van der Waals surface area contributed by atoms with Crippen molar-refractivity contribution in [1.82, 2.24) is 5.32 Å². The molecule has 0 aliphatic carbocycles. The quantitative estimate of drug-likeness (QED) is 0.466. The summed E-state index contributed by atoms with van der Waals surface area (Å²) in [7, 11) is 0. The first-order valence-corrected chi connectivity index (χ1v) is 6.16. The second-order valence-electron chi connectivity index (χ2n) is 2.52. The predicted molar refractivity (Wildman–Crippen MR) is 63.4 cm³/mol. The SMILES string of the molecule is CCCCCCl.O=C1CSC(=S)N1. The molecule has 1 aliphatic rings. The van der Waals surface area contributed by atoms with Gasteiger partial charge in [0.15, 0.2) is 0 Å². The predicted octanol–water partition coefficient (Wildman–Crippen LogP) is 2.55. The van der Waals surface area contributed by atoms with E-state index >= 15 is 0 Å². The second-order valence-corrected chi connectivity index (χ2v) is 4.55. The third-order valence-corrected chi connectivity index (χ3v) is 2.81. The molecule has 5 heteroatoms. The molecular weight excluding hydrogens is 226 g/mol. The van der Waals surface area contributed by atoms with Crippen LogP contribution in [0.25, 0.3) is 0 Å². The van der Waals surface area contributed by atoms with Crippen molar-refractivity contribution >= 4 is 45.8 Å². The molecule has 1 rings (SSSR count). The van der Waals surface area contributed by atoms with Gasteiger partial charge in [0, 0.05) is 5.88 Å². The number of hydrogen-bond donors (Lipinski definition) is 1. The highest BCUT2D eigenvalue weighted by atomic mass is 35.5. The van der Waals surface area contributed by atoms with Gasteiger partial charge in [-0.25, -0.2) is 0 Å². The normalized spacial score (nSPS) is 14.9. The zero-order chi connectivity index (χ0) is 10.1. The number of halogens is 1. The summed E-state index contributed by atoms with van der Waals surface area (Å²) in [5.41, 5.74) is 0. The Bertz CT molecular complexity index is 158. The summed E-state index contributed by atoms with van der Waals surface area (Å²) in [6.45, 7) is 2.17. The number of rotatable bonds is 3. The Morgan fingerprint density at radius 2 is 2.31 bits per heavy atom. The van der Waals surface area contributed by atoms with Gasteiger partial charge in [0.2, 0.25) is 5.91 Å². The van der Waals surface area contributed by atoms with E-state index in [0.717, 1.165) is 5.88 Å². The maximum Gasteiger partial charge on any atom is 0.235 e. The largest absolute Gasteiger partial charge is 0.311 e. The molecule has 0 radical (unpaired) electrons. The van der Waals surface area contributed by atoms with Gasteiger partial charge in [-0.05, 0) is 6.42 Å². The standard InChI is InChI=1S/C5H11Cl.C3H3NOS2/c1-2-3-4-5-6;5-2-1-7-3(6)4-2/h2-5H2,1H3;1H2,(H,4,5,6). The van der Waals surface area contributed by atoms with E-state index in [2.05, 4.69) is 24.5 Å². The third-order valence-electron chi connectivity index (χ3n) is 1.31. The van der Waals surface area contributed by atoms with Crippen LogP contribution in [-0.2, 0) is 4.79 Å². The van der Waals surface area contributed by atoms with Gasteiger partial charge in [0.05, 0.1) is 5.75 Å². The van der Waals surface area contributed by atoms with Gasteiger partial charge in [-0.1, -0.05) is 43.7 Å². The van der Waals surface area contributed by atoms with Crippen LogP contribution in [0.5, 0.6) is 0 Å². The minimum absolute atomic E-state index is 0.0231. The Morgan fingerprint density at radius 1 is 1.62 bits per heavy atom. The summed E-state index contributed by atoms with van der Waals surface area (Å²) in [5, 5.41) is 2.47. The number of carbonyl (C=O) groups is 1. The Kier molecular flexibility index (Phi) is 8.92. The maximum absolute atomic E-state index is 10.2. The van der Waals surface area contributed by atoms with E-state index in [4.69, 9.17) is 11.6 Å². The van der Waals surface area contributed by atoms with Crippen molar-refractivity contribution in [1.29, 1.82) is 0 Å². The number of alkyl halides is 1. The maximum atomic E-state index is 10.2. The van der Waals surface area contributed by atoms with Crippen LogP contribution in [0.4, 0.5) is 0 Å². The molecule has 0 atom stereocenters. The molecule has 0 aromatic carbocycles. The molecule has 76 valence electrons. The molecule has 0 unspecified atom stereocenters. The first kappa shape index (κ1) is 13.2. The number of thioether (sulfide) groups is 1. The molecule has 1 amide bonds. The summed E-state index contributed by atoms with van der Waals surface area (Å²) < 4.78 is 0.602. The Morgan fingerprint density at radius 3 is 2.46 bits per heavy atom. The minimum atomic E-state index is 0.0231. The van der Waals surface area contributed by atoms with Gasteiger partial charge in [-0.3, -0.25) is 4.79 Å². The van der Waals surface area contributed by atoms with Crippen molar-refractivity contribution in [3.63, 3.8) is 0 Å². The molecule has 1 aliphatic heterocycles. The van der Waals surface area contributed by atoms with Crippen LogP contribution in [-0.4, -0.2) is 21.9 Å². The number of amides is 1. The highest BCUT2D eigenvalue weighted by molar-refractivity contribution is 8.24. The topological polar surface area (TPSA) is 29.1 Å². The van der Waals surface area contributed by atoms with Gasteiger partial charge < -0.3 is 5.32 Å². The van der Waals surface area contributed by atoms with E-state index in [1.165, 1.54) is 31.0 Å². The summed E-state index contributed by atoms with van der Waals surface area (Å²) in [5.74, 6) is 1.35. The van der Waals surface area contributed by atoms with E-state index < -0.39 is 0 Å². The van der Waals surface area contributed by atoms with Crippen molar-refractivity contribution < 1.29 is 4.79 Å². The number of thiocarbonyl (C=S) groups is 1. The van der Waals surface area contributed by atoms with Crippen LogP contribution < -0.4 is 5.32 Å². The first-order chi connectivity index (χ1) is 6.20. The Balaban J connectivity index is 0.000000226. The van der Waals surface area contributed by atoms with E-state index in [0.29, 0.717) is 10.1 Å². The van der Waals surface area contributed by atoms with Gasteiger partial charge in [0.1, 0.15) is 4.32 Å². The summed E-state index contributed by atoms with van der Waals surface area (Å²) in [6.07, 6.45) is 3.73. The average molecular weight is 240 g/mol. The van der Waals surface area contributed by atoms with Gasteiger partial charge >= 0.3 is 0 Å². The highest BCUT2D eigenvalue weighted by Gasteiger charge is 2.13. The monoisotopic (exact) mass is 239 g/mol. The molecule has 1 saturated heterocycles. The molecular formula is C8H14ClNOS2.